The smallest absolute Gasteiger partial charge is 0.306 e. The molecule has 46 heavy (non-hydrogen) atoms. The summed E-state index contributed by atoms with van der Waals surface area (Å²) < 4.78 is 16.6. The topological polar surface area (TPSA) is 78.9 Å². The first-order chi connectivity index (χ1) is 22.4. The quantitative estimate of drug-likeness (QED) is 0.0385. The van der Waals surface area contributed by atoms with Crippen LogP contribution in [0.3, 0.4) is 0 Å². The van der Waals surface area contributed by atoms with E-state index < -0.39 is 6.10 Å². The second-order valence-corrected chi connectivity index (χ2v) is 13.8. The lowest BCUT2D eigenvalue weighted by atomic mass is 9.99. The molecule has 0 aromatic heterocycles. The second kappa shape index (κ2) is 34.7. The predicted octanol–water partition coefficient (Wildman–Crippen LogP) is 12.0. The Bertz CT molecular complexity index is 693. The van der Waals surface area contributed by atoms with Crippen LogP contribution >= 0.6 is 0 Å². The van der Waals surface area contributed by atoms with Gasteiger partial charge in [-0.3, -0.25) is 14.4 Å². The number of rotatable bonds is 35. The number of carbonyl (C=O) groups excluding carboxylic acids is 3. The van der Waals surface area contributed by atoms with Crippen LogP contribution in [0.15, 0.2) is 0 Å². The minimum Gasteiger partial charge on any atom is -0.462 e. The minimum atomic E-state index is -0.756. The van der Waals surface area contributed by atoms with E-state index in [1.54, 1.807) is 0 Å². The highest BCUT2D eigenvalue weighted by Crippen LogP contribution is 2.16. The molecule has 0 aliphatic heterocycles. The van der Waals surface area contributed by atoms with Gasteiger partial charge in [-0.25, -0.2) is 0 Å². The summed E-state index contributed by atoms with van der Waals surface area (Å²) in [6.45, 7) is 8.91. The molecule has 0 amide bonds. The van der Waals surface area contributed by atoms with Crippen molar-refractivity contribution in [2.24, 2.45) is 5.92 Å². The molecule has 6 heteroatoms. The average molecular weight is 653 g/mol. The molecule has 6 nitrogen and oxygen atoms in total. The number of unbranched alkanes of at least 4 members (excludes halogenated alkanes) is 21. The second-order valence-electron chi connectivity index (χ2n) is 13.8. The van der Waals surface area contributed by atoms with Crippen molar-refractivity contribution in [1.82, 2.24) is 0 Å². The lowest BCUT2D eigenvalue weighted by Crippen LogP contribution is -2.30. The fraction of sp³-hybridized carbons (Fsp3) is 0.925. The molecule has 0 N–H and O–H groups in total. The molecule has 0 heterocycles. The molecular weight excluding hydrogens is 576 g/mol. The van der Waals surface area contributed by atoms with Gasteiger partial charge in [0.25, 0.3) is 0 Å². The van der Waals surface area contributed by atoms with Crippen molar-refractivity contribution in [3.63, 3.8) is 0 Å². The summed E-state index contributed by atoms with van der Waals surface area (Å²) in [6, 6.07) is 0. The van der Waals surface area contributed by atoms with Crippen molar-refractivity contribution in [2.75, 3.05) is 13.2 Å². The highest BCUT2D eigenvalue weighted by atomic mass is 16.6. The fourth-order valence-electron chi connectivity index (χ4n) is 5.71. The summed E-state index contributed by atoms with van der Waals surface area (Å²) in [4.78, 5) is 37.3. The van der Waals surface area contributed by atoms with Gasteiger partial charge in [-0.2, -0.15) is 0 Å². The van der Waals surface area contributed by atoms with Gasteiger partial charge in [-0.1, -0.05) is 175 Å². The Morgan fingerprint density at radius 2 is 0.761 bits per heavy atom. The molecular formula is C40H76O6. The molecule has 0 aromatic rings. The molecule has 0 spiro atoms. The van der Waals surface area contributed by atoms with Gasteiger partial charge in [0, 0.05) is 19.3 Å². The van der Waals surface area contributed by atoms with Gasteiger partial charge in [0.2, 0.25) is 0 Å². The molecule has 0 radical (unpaired) electrons. The lowest BCUT2D eigenvalue weighted by molar-refractivity contribution is -0.167. The van der Waals surface area contributed by atoms with E-state index >= 15 is 0 Å². The summed E-state index contributed by atoms with van der Waals surface area (Å²) in [6.07, 6.45) is 30.9. The fourth-order valence-corrected chi connectivity index (χ4v) is 5.71. The standard InChI is InChI=1S/C40H76O6/c1-5-8-10-12-14-15-21-25-29-33-40(43)46-37(34-44-38(41)31-27-23-18-13-11-9-6-2)35-45-39(42)32-28-24-20-17-16-19-22-26-30-36(4)7-3/h36-37H,5-35H2,1-4H3/t36?,37-/m1/s1. The molecule has 2 atom stereocenters. The Labute approximate surface area is 285 Å². The van der Waals surface area contributed by atoms with E-state index in [4.69, 9.17) is 14.2 Å². The van der Waals surface area contributed by atoms with Crippen molar-refractivity contribution in [3.8, 4) is 0 Å². The molecule has 0 rings (SSSR count). The van der Waals surface area contributed by atoms with E-state index in [2.05, 4.69) is 27.7 Å². The minimum absolute atomic E-state index is 0.0658. The summed E-state index contributed by atoms with van der Waals surface area (Å²) in [7, 11) is 0. The Morgan fingerprint density at radius 3 is 1.13 bits per heavy atom. The van der Waals surface area contributed by atoms with Crippen molar-refractivity contribution in [3.05, 3.63) is 0 Å². The van der Waals surface area contributed by atoms with Crippen LogP contribution < -0.4 is 0 Å². The largest absolute Gasteiger partial charge is 0.462 e. The first-order valence-corrected chi connectivity index (χ1v) is 19.9. The highest BCUT2D eigenvalue weighted by Gasteiger charge is 2.19. The first kappa shape index (κ1) is 44.4. The summed E-state index contributed by atoms with van der Waals surface area (Å²) in [5.41, 5.74) is 0. The van der Waals surface area contributed by atoms with Crippen molar-refractivity contribution in [1.29, 1.82) is 0 Å². The van der Waals surface area contributed by atoms with E-state index in [0.29, 0.717) is 19.3 Å². The van der Waals surface area contributed by atoms with E-state index in [-0.39, 0.29) is 31.1 Å². The van der Waals surface area contributed by atoms with Gasteiger partial charge in [0.05, 0.1) is 0 Å². The number of esters is 3. The van der Waals surface area contributed by atoms with Crippen molar-refractivity contribution >= 4 is 17.9 Å². The summed E-state index contributed by atoms with van der Waals surface area (Å²) >= 11 is 0. The molecule has 0 aliphatic rings. The zero-order chi connectivity index (χ0) is 33.9. The molecule has 0 fully saturated rings. The summed E-state index contributed by atoms with van der Waals surface area (Å²) in [5, 5.41) is 0. The molecule has 0 saturated heterocycles. The highest BCUT2D eigenvalue weighted by molar-refractivity contribution is 5.71. The maximum atomic E-state index is 12.6. The van der Waals surface area contributed by atoms with Gasteiger partial charge in [-0.15, -0.1) is 0 Å². The SMILES string of the molecule is CCCCCCCCCCCC(=O)O[C@H](COC(=O)CCCCCCCCC)COC(=O)CCCCCCCCCCC(C)CC. The number of carbonyl (C=O) groups is 3. The number of hydrogen-bond acceptors (Lipinski definition) is 6. The van der Waals surface area contributed by atoms with Gasteiger partial charge in [0.15, 0.2) is 6.10 Å². The zero-order valence-electron chi connectivity index (χ0n) is 31.0. The normalized spacial score (nSPS) is 12.5. The van der Waals surface area contributed by atoms with Gasteiger partial charge >= 0.3 is 17.9 Å². The van der Waals surface area contributed by atoms with Crippen LogP contribution in [0.25, 0.3) is 0 Å². The summed E-state index contributed by atoms with van der Waals surface area (Å²) in [5.74, 6) is -0.0248. The molecule has 1 unspecified atom stereocenters. The van der Waals surface area contributed by atoms with Crippen LogP contribution in [-0.2, 0) is 28.6 Å². The Kier molecular flexibility index (Phi) is 33.5. The Hall–Kier alpha value is -1.59. The van der Waals surface area contributed by atoms with Gasteiger partial charge in [0.1, 0.15) is 13.2 Å². The van der Waals surface area contributed by atoms with Gasteiger partial charge in [-0.05, 0) is 25.2 Å². The van der Waals surface area contributed by atoms with Crippen molar-refractivity contribution < 1.29 is 28.6 Å². The first-order valence-electron chi connectivity index (χ1n) is 19.9. The molecule has 0 bridgehead atoms. The van der Waals surface area contributed by atoms with Crippen molar-refractivity contribution in [2.45, 2.75) is 220 Å². The van der Waals surface area contributed by atoms with E-state index in [9.17, 15) is 14.4 Å². The third-order valence-corrected chi connectivity index (χ3v) is 9.15. The van der Waals surface area contributed by atoms with Crippen LogP contribution in [0.2, 0.25) is 0 Å². The molecule has 272 valence electrons. The number of ether oxygens (including phenoxy) is 3. The molecule has 0 saturated carbocycles. The third kappa shape index (κ3) is 32.4. The zero-order valence-corrected chi connectivity index (χ0v) is 31.0. The van der Waals surface area contributed by atoms with Crippen LogP contribution in [0.5, 0.6) is 0 Å². The van der Waals surface area contributed by atoms with Crippen LogP contribution in [0.4, 0.5) is 0 Å². The number of hydrogen-bond donors (Lipinski definition) is 0. The van der Waals surface area contributed by atoms with E-state index in [1.165, 1.54) is 109 Å². The van der Waals surface area contributed by atoms with E-state index in [1.807, 2.05) is 0 Å². The average Bonchev–Trinajstić information content (AvgIpc) is 3.05. The third-order valence-electron chi connectivity index (χ3n) is 9.15. The monoisotopic (exact) mass is 653 g/mol. The Morgan fingerprint density at radius 1 is 0.435 bits per heavy atom. The maximum Gasteiger partial charge on any atom is 0.306 e. The van der Waals surface area contributed by atoms with Crippen LogP contribution in [-0.4, -0.2) is 37.2 Å². The lowest BCUT2D eigenvalue weighted by Gasteiger charge is -2.18. The molecule has 0 aliphatic carbocycles. The Balaban J connectivity index is 4.32. The molecule has 0 aromatic carbocycles. The van der Waals surface area contributed by atoms with E-state index in [0.717, 1.165) is 63.7 Å². The van der Waals surface area contributed by atoms with Gasteiger partial charge < -0.3 is 14.2 Å². The predicted molar refractivity (Wildman–Crippen MR) is 192 cm³/mol. The van der Waals surface area contributed by atoms with Crippen LogP contribution in [0, 0.1) is 5.92 Å². The van der Waals surface area contributed by atoms with Crippen LogP contribution in [0.1, 0.15) is 214 Å². The maximum absolute atomic E-state index is 12.6.